The molecule has 0 amide bonds. The minimum absolute atomic E-state index is 0.0821. The lowest BCUT2D eigenvalue weighted by molar-refractivity contribution is -0.0148. The van der Waals surface area contributed by atoms with Crippen LogP contribution in [0.4, 0.5) is 0 Å². The molecule has 1 aromatic heterocycles. The summed E-state index contributed by atoms with van der Waals surface area (Å²) in [5.41, 5.74) is 2.14. The summed E-state index contributed by atoms with van der Waals surface area (Å²) in [6.07, 6.45) is 8.66. The third-order valence-corrected chi connectivity index (χ3v) is 4.20. The van der Waals surface area contributed by atoms with Gasteiger partial charge in [-0.2, -0.15) is 0 Å². The molecule has 0 bridgehead atoms. The minimum atomic E-state index is -0.300. The highest BCUT2D eigenvalue weighted by atomic mass is 16.5. The maximum Gasteiger partial charge on any atom is 0.339 e. The molecule has 1 aliphatic rings. The Hall–Kier alpha value is -2.27. The van der Waals surface area contributed by atoms with Crippen LogP contribution in [0.5, 0.6) is 0 Å². The van der Waals surface area contributed by atoms with Gasteiger partial charge in [0, 0.05) is 31.5 Å². The molecule has 1 fully saturated rings. The van der Waals surface area contributed by atoms with Crippen LogP contribution in [-0.4, -0.2) is 35.3 Å². The fourth-order valence-corrected chi connectivity index (χ4v) is 2.99. The lowest BCUT2D eigenvalue weighted by atomic mass is 9.94. The third-order valence-electron chi connectivity index (χ3n) is 4.20. The second kappa shape index (κ2) is 7.33. The molecule has 1 saturated carbocycles. The van der Waals surface area contributed by atoms with Gasteiger partial charge in [-0.05, 0) is 30.9 Å². The van der Waals surface area contributed by atoms with Gasteiger partial charge in [0.1, 0.15) is 12.4 Å². The van der Waals surface area contributed by atoms with E-state index in [1.807, 2.05) is 18.2 Å². The molecular formula is C18H20N2O3. The Balaban J connectivity index is 1.78. The first-order chi connectivity index (χ1) is 11.3. The Morgan fingerprint density at radius 1 is 1.13 bits per heavy atom. The fraction of sp³-hybridized carbons (Fsp3) is 0.389. The van der Waals surface area contributed by atoms with Crippen molar-refractivity contribution < 1.29 is 14.3 Å². The van der Waals surface area contributed by atoms with Crippen molar-refractivity contribution in [2.75, 3.05) is 7.11 Å². The molecular weight excluding hydrogens is 292 g/mol. The molecule has 0 radical (unpaired) electrons. The van der Waals surface area contributed by atoms with Gasteiger partial charge < -0.3 is 9.47 Å². The average molecular weight is 312 g/mol. The molecule has 3 rings (SSSR count). The lowest BCUT2D eigenvalue weighted by Crippen LogP contribution is -2.29. The van der Waals surface area contributed by atoms with Crippen LogP contribution >= 0.6 is 0 Å². The summed E-state index contributed by atoms with van der Waals surface area (Å²) in [4.78, 5) is 20.6. The summed E-state index contributed by atoms with van der Waals surface area (Å²) in [6, 6.07) is 7.39. The van der Waals surface area contributed by atoms with Crippen LogP contribution in [0.15, 0.2) is 43.0 Å². The standard InChI is InChI=1S/C18H20N2O3/c1-22-14-5-4-6-15(9-14)23-18(21)17-8-3-2-7-16(17)13-10-19-12-20-11-13/h2-3,7-8,10-12,14-15H,4-6,9H2,1H3. The van der Waals surface area contributed by atoms with E-state index >= 15 is 0 Å². The zero-order chi connectivity index (χ0) is 16.1. The maximum atomic E-state index is 12.6. The number of carbonyl (C=O) groups excluding carboxylic acids is 1. The second-order valence-electron chi connectivity index (χ2n) is 5.72. The number of methoxy groups -OCH3 is 1. The molecule has 23 heavy (non-hydrogen) atoms. The van der Waals surface area contributed by atoms with Crippen LogP contribution < -0.4 is 0 Å². The van der Waals surface area contributed by atoms with Gasteiger partial charge in [-0.25, -0.2) is 14.8 Å². The van der Waals surface area contributed by atoms with Gasteiger partial charge in [0.25, 0.3) is 0 Å². The number of rotatable bonds is 4. The first kappa shape index (κ1) is 15.6. The van der Waals surface area contributed by atoms with Crippen LogP contribution in [0.1, 0.15) is 36.0 Å². The van der Waals surface area contributed by atoms with Crippen molar-refractivity contribution in [3.05, 3.63) is 48.5 Å². The fourth-order valence-electron chi connectivity index (χ4n) is 2.99. The van der Waals surface area contributed by atoms with E-state index in [9.17, 15) is 4.79 Å². The Bertz CT molecular complexity index is 660. The molecule has 0 aliphatic heterocycles. The minimum Gasteiger partial charge on any atom is -0.459 e. The highest BCUT2D eigenvalue weighted by molar-refractivity contribution is 5.97. The molecule has 1 heterocycles. The van der Waals surface area contributed by atoms with Crippen LogP contribution in [0.3, 0.4) is 0 Å². The van der Waals surface area contributed by atoms with E-state index in [2.05, 4.69) is 9.97 Å². The van der Waals surface area contributed by atoms with Gasteiger partial charge in [-0.15, -0.1) is 0 Å². The van der Waals surface area contributed by atoms with Gasteiger partial charge in [-0.3, -0.25) is 0 Å². The SMILES string of the molecule is COC1CCCC(OC(=O)c2ccccc2-c2cncnc2)C1. The number of hydrogen-bond donors (Lipinski definition) is 0. The largest absolute Gasteiger partial charge is 0.459 e. The summed E-state index contributed by atoms with van der Waals surface area (Å²) < 4.78 is 11.1. The van der Waals surface area contributed by atoms with Crippen molar-refractivity contribution in [3.63, 3.8) is 0 Å². The third kappa shape index (κ3) is 3.74. The van der Waals surface area contributed by atoms with Crippen molar-refractivity contribution in [1.82, 2.24) is 9.97 Å². The quantitative estimate of drug-likeness (QED) is 0.811. The first-order valence-corrected chi connectivity index (χ1v) is 7.86. The second-order valence-corrected chi connectivity index (χ2v) is 5.72. The lowest BCUT2D eigenvalue weighted by Gasteiger charge is -2.28. The molecule has 0 spiro atoms. The molecule has 2 aromatic rings. The van der Waals surface area contributed by atoms with Gasteiger partial charge in [0.2, 0.25) is 0 Å². The van der Waals surface area contributed by atoms with Gasteiger partial charge in [0.05, 0.1) is 11.7 Å². The molecule has 1 aliphatic carbocycles. The van der Waals surface area contributed by atoms with Crippen LogP contribution in [0.25, 0.3) is 11.1 Å². The normalized spacial score (nSPS) is 20.9. The zero-order valence-electron chi connectivity index (χ0n) is 13.1. The van der Waals surface area contributed by atoms with E-state index in [-0.39, 0.29) is 18.2 Å². The van der Waals surface area contributed by atoms with E-state index in [4.69, 9.17) is 9.47 Å². The number of nitrogens with zero attached hydrogens (tertiary/aromatic N) is 2. The Labute approximate surface area is 135 Å². The monoisotopic (exact) mass is 312 g/mol. The molecule has 5 nitrogen and oxygen atoms in total. The molecule has 0 saturated heterocycles. The Morgan fingerprint density at radius 3 is 2.65 bits per heavy atom. The van der Waals surface area contributed by atoms with Crippen molar-refractivity contribution in [2.24, 2.45) is 0 Å². The van der Waals surface area contributed by atoms with Gasteiger partial charge in [-0.1, -0.05) is 18.2 Å². The molecule has 0 N–H and O–H groups in total. The number of hydrogen-bond acceptors (Lipinski definition) is 5. The highest BCUT2D eigenvalue weighted by Crippen LogP contribution is 2.27. The molecule has 1 aromatic carbocycles. The summed E-state index contributed by atoms with van der Waals surface area (Å²) >= 11 is 0. The molecule has 2 unspecified atom stereocenters. The van der Waals surface area contributed by atoms with E-state index in [0.29, 0.717) is 5.56 Å². The Kier molecular flexibility index (Phi) is 4.98. The van der Waals surface area contributed by atoms with Crippen LogP contribution in [0.2, 0.25) is 0 Å². The summed E-state index contributed by atoms with van der Waals surface area (Å²) in [6.45, 7) is 0. The average Bonchev–Trinajstić information content (AvgIpc) is 2.62. The smallest absolute Gasteiger partial charge is 0.339 e. The van der Waals surface area contributed by atoms with Crippen molar-refractivity contribution in [2.45, 2.75) is 37.9 Å². The highest BCUT2D eigenvalue weighted by Gasteiger charge is 2.26. The molecule has 2 atom stereocenters. The number of carbonyl (C=O) groups is 1. The zero-order valence-corrected chi connectivity index (χ0v) is 13.1. The molecule has 5 heteroatoms. The first-order valence-electron chi connectivity index (χ1n) is 7.86. The topological polar surface area (TPSA) is 61.3 Å². The molecule has 120 valence electrons. The maximum absolute atomic E-state index is 12.6. The summed E-state index contributed by atoms with van der Waals surface area (Å²) in [5, 5.41) is 0. The number of aromatic nitrogens is 2. The van der Waals surface area contributed by atoms with Crippen molar-refractivity contribution in [1.29, 1.82) is 0 Å². The van der Waals surface area contributed by atoms with Crippen LogP contribution in [-0.2, 0) is 9.47 Å². The van der Waals surface area contributed by atoms with Crippen molar-refractivity contribution >= 4 is 5.97 Å². The van der Waals surface area contributed by atoms with Crippen LogP contribution in [0, 0.1) is 0 Å². The number of ether oxygens (including phenoxy) is 2. The Morgan fingerprint density at radius 2 is 1.87 bits per heavy atom. The van der Waals surface area contributed by atoms with E-state index in [0.717, 1.165) is 36.8 Å². The summed E-state index contributed by atoms with van der Waals surface area (Å²) in [5.74, 6) is -0.300. The number of benzene rings is 1. The predicted molar refractivity (Wildman–Crippen MR) is 85.9 cm³/mol. The summed E-state index contributed by atoms with van der Waals surface area (Å²) in [7, 11) is 1.71. The van der Waals surface area contributed by atoms with Crippen molar-refractivity contribution in [3.8, 4) is 11.1 Å². The van der Waals surface area contributed by atoms with Gasteiger partial charge >= 0.3 is 5.97 Å². The predicted octanol–water partition coefficient (Wildman–Crippen LogP) is 3.26. The van der Waals surface area contributed by atoms with E-state index in [1.54, 1.807) is 25.6 Å². The van der Waals surface area contributed by atoms with Gasteiger partial charge in [0.15, 0.2) is 0 Å². The van der Waals surface area contributed by atoms with E-state index < -0.39 is 0 Å². The van der Waals surface area contributed by atoms with E-state index in [1.165, 1.54) is 6.33 Å². The number of esters is 1.